The van der Waals surface area contributed by atoms with Gasteiger partial charge in [-0.1, -0.05) is 6.08 Å². The van der Waals surface area contributed by atoms with Gasteiger partial charge in [0.15, 0.2) is 12.4 Å². The van der Waals surface area contributed by atoms with Crippen LogP contribution in [0, 0.1) is 10.1 Å². The van der Waals surface area contributed by atoms with Crippen LogP contribution in [0.1, 0.15) is 10.4 Å². The molecular formula is C13H11NO6. The summed E-state index contributed by atoms with van der Waals surface area (Å²) in [4.78, 5) is 21.9. The van der Waals surface area contributed by atoms with E-state index in [2.05, 4.69) is 0 Å². The maximum atomic E-state index is 11.9. The lowest BCUT2D eigenvalue weighted by Crippen LogP contribution is -2.33. The molecule has 0 aromatic heterocycles. The average molecular weight is 277 g/mol. The fourth-order valence-corrected chi connectivity index (χ4v) is 2.04. The van der Waals surface area contributed by atoms with Crippen molar-refractivity contribution < 1.29 is 23.9 Å². The minimum atomic E-state index is -0.601. The largest absolute Gasteiger partial charge is 0.449 e. The Morgan fingerprint density at radius 1 is 1.30 bits per heavy atom. The summed E-state index contributed by atoms with van der Waals surface area (Å²) in [6.45, 7) is 0.451. The molecule has 104 valence electrons. The molecule has 2 aliphatic rings. The zero-order valence-electron chi connectivity index (χ0n) is 10.3. The Bertz CT molecular complexity index is 567. The van der Waals surface area contributed by atoms with Crippen LogP contribution in [-0.4, -0.2) is 36.0 Å². The first kappa shape index (κ1) is 12.8. The molecule has 2 heterocycles. The van der Waals surface area contributed by atoms with E-state index in [4.69, 9.17) is 14.2 Å². The third-order valence-electron chi connectivity index (χ3n) is 3.07. The quantitative estimate of drug-likeness (QED) is 0.359. The summed E-state index contributed by atoms with van der Waals surface area (Å²) in [5.41, 5.74) is 0.161. The lowest BCUT2D eigenvalue weighted by Gasteiger charge is -2.22. The lowest BCUT2D eigenvalue weighted by molar-refractivity contribution is -0.384. The number of hydrogen-bond acceptors (Lipinski definition) is 6. The first-order valence-electron chi connectivity index (χ1n) is 6.04. The van der Waals surface area contributed by atoms with Gasteiger partial charge >= 0.3 is 5.97 Å². The third kappa shape index (κ3) is 2.40. The molecule has 1 aromatic rings. The Balaban J connectivity index is 1.68. The summed E-state index contributed by atoms with van der Waals surface area (Å²) >= 11 is 0. The summed E-state index contributed by atoms with van der Waals surface area (Å²) in [5, 5.41) is 10.5. The van der Waals surface area contributed by atoms with Crippen LogP contribution in [-0.2, 0) is 14.2 Å². The Kier molecular flexibility index (Phi) is 3.21. The van der Waals surface area contributed by atoms with Crippen molar-refractivity contribution in [1.82, 2.24) is 0 Å². The van der Waals surface area contributed by atoms with Crippen LogP contribution in [0.5, 0.6) is 0 Å². The van der Waals surface area contributed by atoms with Gasteiger partial charge in [-0.25, -0.2) is 4.79 Å². The van der Waals surface area contributed by atoms with Crippen molar-refractivity contribution >= 4 is 11.7 Å². The number of nitrogens with zero attached hydrogens (tertiary/aromatic N) is 1. The second-order valence-corrected chi connectivity index (χ2v) is 4.44. The van der Waals surface area contributed by atoms with E-state index in [9.17, 15) is 14.9 Å². The fraction of sp³-hybridized carbons (Fsp3) is 0.308. The SMILES string of the molecule is O=C(O[C@@H]1C=C[C@H]2CO[C@@H]1O2)c1ccc([N+](=O)[O-])cc1. The van der Waals surface area contributed by atoms with Gasteiger partial charge in [0.05, 0.1) is 17.1 Å². The van der Waals surface area contributed by atoms with Crippen molar-refractivity contribution in [2.75, 3.05) is 6.61 Å². The second-order valence-electron chi connectivity index (χ2n) is 4.44. The monoisotopic (exact) mass is 277 g/mol. The zero-order valence-corrected chi connectivity index (χ0v) is 10.3. The predicted octanol–water partition coefficient (Wildman–Crippen LogP) is 1.43. The molecule has 0 amide bonds. The Labute approximate surface area is 113 Å². The number of carbonyl (C=O) groups is 1. The number of hydrogen-bond donors (Lipinski definition) is 0. The smallest absolute Gasteiger partial charge is 0.338 e. The molecular weight excluding hydrogens is 266 g/mol. The molecule has 2 bridgehead atoms. The standard InChI is InChI=1S/C13H11NO6/c15-12(8-1-3-9(4-2-8)14(16)17)20-11-6-5-10-7-18-13(11)19-10/h1-6,10-11,13H,7H2/t10-,11+,13+/m0/s1. The summed E-state index contributed by atoms with van der Waals surface area (Å²) < 4.78 is 16.0. The highest BCUT2D eigenvalue weighted by Gasteiger charge is 2.36. The van der Waals surface area contributed by atoms with Crippen molar-refractivity contribution in [3.05, 3.63) is 52.1 Å². The molecule has 1 aromatic carbocycles. The van der Waals surface area contributed by atoms with Crippen molar-refractivity contribution in [3.8, 4) is 0 Å². The molecule has 0 saturated carbocycles. The third-order valence-corrected chi connectivity index (χ3v) is 3.07. The van der Waals surface area contributed by atoms with E-state index in [0.29, 0.717) is 6.61 Å². The van der Waals surface area contributed by atoms with E-state index in [1.165, 1.54) is 24.3 Å². The van der Waals surface area contributed by atoms with E-state index in [1.807, 2.05) is 0 Å². The highest BCUT2D eigenvalue weighted by molar-refractivity contribution is 5.89. The molecule has 0 aliphatic carbocycles. The number of ether oxygens (including phenoxy) is 3. The lowest BCUT2D eigenvalue weighted by atomic mass is 10.2. The first-order chi connectivity index (χ1) is 9.63. The van der Waals surface area contributed by atoms with Crippen molar-refractivity contribution in [3.63, 3.8) is 0 Å². The molecule has 7 heteroatoms. The van der Waals surface area contributed by atoms with Crippen molar-refractivity contribution in [1.29, 1.82) is 0 Å². The number of non-ortho nitro benzene ring substituents is 1. The van der Waals surface area contributed by atoms with Gasteiger partial charge < -0.3 is 14.2 Å². The normalized spacial score (nSPS) is 27.3. The van der Waals surface area contributed by atoms with Gasteiger partial charge in [0.25, 0.3) is 5.69 Å². The van der Waals surface area contributed by atoms with Crippen LogP contribution in [0.4, 0.5) is 5.69 Å². The zero-order chi connectivity index (χ0) is 14.1. The van der Waals surface area contributed by atoms with E-state index in [0.717, 1.165) is 0 Å². The summed E-state index contributed by atoms with van der Waals surface area (Å²) in [7, 11) is 0. The molecule has 0 radical (unpaired) electrons. The minimum Gasteiger partial charge on any atom is -0.449 e. The van der Waals surface area contributed by atoms with Crippen LogP contribution in [0.25, 0.3) is 0 Å². The van der Waals surface area contributed by atoms with Gasteiger partial charge in [0.2, 0.25) is 0 Å². The molecule has 0 N–H and O–H groups in total. The first-order valence-corrected chi connectivity index (χ1v) is 6.04. The highest BCUT2D eigenvalue weighted by Crippen LogP contribution is 2.24. The average Bonchev–Trinajstić information content (AvgIpc) is 2.85. The van der Waals surface area contributed by atoms with Crippen LogP contribution < -0.4 is 0 Å². The van der Waals surface area contributed by atoms with Crippen molar-refractivity contribution in [2.24, 2.45) is 0 Å². The van der Waals surface area contributed by atoms with Gasteiger partial charge in [-0.3, -0.25) is 10.1 Å². The fourth-order valence-electron chi connectivity index (χ4n) is 2.04. The van der Waals surface area contributed by atoms with Gasteiger partial charge in [0, 0.05) is 12.1 Å². The number of nitro benzene ring substituents is 1. The van der Waals surface area contributed by atoms with Crippen LogP contribution in [0.2, 0.25) is 0 Å². The Morgan fingerprint density at radius 2 is 2.05 bits per heavy atom. The Hall–Kier alpha value is -2.25. The number of nitro groups is 1. The maximum Gasteiger partial charge on any atom is 0.338 e. The topological polar surface area (TPSA) is 87.9 Å². The van der Waals surface area contributed by atoms with Gasteiger partial charge in [-0.05, 0) is 18.2 Å². The number of rotatable bonds is 3. The molecule has 0 spiro atoms. The maximum absolute atomic E-state index is 11.9. The summed E-state index contributed by atoms with van der Waals surface area (Å²) in [6.07, 6.45) is 2.27. The van der Waals surface area contributed by atoms with Gasteiger partial charge in [-0.15, -0.1) is 0 Å². The second kappa shape index (κ2) is 5.03. The van der Waals surface area contributed by atoms with E-state index < -0.39 is 23.3 Å². The predicted molar refractivity (Wildman–Crippen MR) is 66.1 cm³/mol. The number of benzene rings is 1. The van der Waals surface area contributed by atoms with Gasteiger partial charge in [-0.2, -0.15) is 0 Å². The highest BCUT2D eigenvalue weighted by atomic mass is 16.7. The number of esters is 1. The molecule has 3 rings (SSSR count). The van der Waals surface area contributed by atoms with E-state index >= 15 is 0 Å². The van der Waals surface area contributed by atoms with Crippen LogP contribution in [0.15, 0.2) is 36.4 Å². The van der Waals surface area contributed by atoms with Crippen molar-refractivity contribution in [2.45, 2.75) is 18.5 Å². The summed E-state index contributed by atoms with van der Waals surface area (Å²) in [6, 6.07) is 5.22. The molecule has 20 heavy (non-hydrogen) atoms. The van der Waals surface area contributed by atoms with Crippen LogP contribution in [0.3, 0.4) is 0 Å². The molecule has 0 unspecified atom stereocenters. The van der Waals surface area contributed by atoms with E-state index in [-0.39, 0.29) is 17.4 Å². The van der Waals surface area contributed by atoms with E-state index in [1.54, 1.807) is 12.2 Å². The minimum absolute atomic E-state index is 0.0747. The molecule has 1 fully saturated rings. The molecule has 7 nitrogen and oxygen atoms in total. The van der Waals surface area contributed by atoms with Gasteiger partial charge in [0.1, 0.15) is 6.10 Å². The number of carbonyl (C=O) groups excluding carboxylic acids is 1. The van der Waals surface area contributed by atoms with Crippen LogP contribution >= 0.6 is 0 Å². The summed E-state index contributed by atoms with van der Waals surface area (Å²) in [5.74, 6) is -0.577. The Morgan fingerprint density at radius 3 is 2.75 bits per heavy atom. The number of fused-ring (bicyclic) bond motifs is 2. The molecule has 3 atom stereocenters. The molecule has 2 aliphatic heterocycles. The molecule has 1 saturated heterocycles.